The summed E-state index contributed by atoms with van der Waals surface area (Å²) in [6, 6.07) is 13.4. The Kier molecular flexibility index (Phi) is 6.22. The predicted octanol–water partition coefficient (Wildman–Crippen LogP) is 3.35. The first-order valence-corrected chi connectivity index (χ1v) is 9.58. The molecule has 0 unspecified atom stereocenters. The molecule has 2 aromatic carbocycles. The van der Waals surface area contributed by atoms with E-state index in [2.05, 4.69) is 0 Å². The largest absolute Gasteiger partial charge is 0.493 e. The summed E-state index contributed by atoms with van der Waals surface area (Å²) >= 11 is 0. The molecule has 3 rings (SSSR count). The fourth-order valence-electron chi connectivity index (χ4n) is 3.37. The van der Waals surface area contributed by atoms with E-state index < -0.39 is 0 Å². The molecule has 1 aromatic heterocycles. The van der Waals surface area contributed by atoms with Crippen molar-refractivity contribution in [3.8, 4) is 11.5 Å². The van der Waals surface area contributed by atoms with Gasteiger partial charge in [0.1, 0.15) is 0 Å². The van der Waals surface area contributed by atoms with E-state index in [-0.39, 0.29) is 11.5 Å². The Hall–Kier alpha value is -3.28. The van der Waals surface area contributed by atoms with Gasteiger partial charge in [0.25, 0.3) is 11.5 Å². The van der Waals surface area contributed by atoms with E-state index in [1.54, 1.807) is 34.8 Å². The lowest BCUT2D eigenvalue weighted by Crippen LogP contribution is -2.31. The summed E-state index contributed by atoms with van der Waals surface area (Å²) < 4.78 is 12.3. The molecule has 6 nitrogen and oxygen atoms in total. The summed E-state index contributed by atoms with van der Waals surface area (Å²) in [7, 11) is 4.83. The van der Waals surface area contributed by atoms with Crippen molar-refractivity contribution in [1.29, 1.82) is 0 Å². The van der Waals surface area contributed by atoms with Crippen molar-refractivity contribution < 1.29 is 14.3 Å². The summed E-state index contributed by atoms with van der Waals surface area (Å²) in [5, 5.41) is 1.00. The van der Waals surface area contributed by atoms with Gasteiger partial charge < -0.3 is 18.9 Å². The third-order valence-corrected chi connectivity index (χ3v) is 5.09. The Morgan fingerprint density at radius 1 is 1.03 bits per heavy atom. The third-order valence-electron chi connectivity index (χ3n) is 5.09. The van der Waals surface area contributed by atoms with Crippen molar-refractivity contribution in [2.24, 2.45) is 0 Å². The van der Waals surface area contributed by atoms with Gasteiger partial charge in [-0.05, 0) is 31.0 Å². The summed E-state index contributed by atoms with van der Waals surface area (Å²) in [6.07, 6.45) is 2.39. The van der Waals surface area contributed by atoms with E-state index >= 15 is 0 Å². The van der Waals surface area contributed by atoms with E-state index in [4.69, 9.17) is 9.47 Å². The minimum atomic E-state index is -0.160. The highest BCUT2D eigenvalue weighted by molar-refractivity contribution is 6.07. The van der Waals surface area contributed by atoms with Gasteiger partial charge in [-0.3, -0.25) is 9.59 Å². The number of aromatic nitrogens is 1. The first kappa shape index (κ1) is 20.5. The molecule has 0 saturated heterocycles. The first-order chi connectivity index (χ1) is 14.0. The van der Waals surface area contributed by atoms with E-state index in [1.165, 1.54) is 19.8 Å². The van der Waals surface area contributed by atoms with Gasteiger partial charge in [0.05, 0.1) is 25.2 Å². The Bertz CT molecular complexity index is 1070. The maximum absolute atomic E-state index is 13.3. The van der Waals surface area contributed by atoms with Crippen LogP contribution in [0.3, 0.4) is 0 Å². The second-order valence-corrected chi connectivity index (χ2v) is 6.85. The molecule has 152 valence electrons. The van der Waals surface area contributed by atoms with E-state index in [0.29, 0.717) is 40.9 Å². The number of pyridine rings is 1. The fraction of sp³-hybridized carbons (Fsp3) is 0.304. The number of benzene rings is 2. The average Bonchev–Trinajstić information content (AvgIpc) is 2.77. The Balaban J connectivity index is 2.03. The molecular weight excluding hydrogens is 368 g/mol. The van der Waals surface area contributed by atoms with Crippen LogP contribution in [0.1, 0.15) is 22.8 Å². The van der Waals surface area contributed by atoms with Crippen LogP contribution in [0.15, 0.2) is 53.5 Å². The van der Waals surface area contributed by atoms with Crippen molar-refractivity contribution in [2.75, 3.05) is 27.8 Å². The number of ether oxygens (including phenoxy) is 2. The summed E-state index contributed by atoms with van der Waals surface area (Å²) in [4.78, 5) is 27.8. The number of nitrogens with zero attached hydrogens (tertiary/aromatic N) is 2. The summed E-state index contributed by atoms with van der Waals surface area (Å²) in [5.74, 6) is 0.803. The van der Waals surface area contributed by atoms with Gasteiger partial charge in [-0.2, -0.15) is 0 Å². The minimum absolute atomic E-state index is 0.139. The van der Waals surface area contributed by atoms with Gasteiger partial charge in [0.2, 0.25) is 0 Å². The van der Waals surface area contributed by atoms with Crippen molar-refractivity contribution in [2.45, 2.75) is 19.9 Å². The van der Waals surface area contributed by atoms with Gasteiger partial charge in [0, 0.05) is 31.7 Å². The zero-order valence-corrected chi connectivity index (χ0v) is 17.3. The SMILES string of the molecule is CCn1cc(C(=O)N(C)CCc2ccccc2)c2cc(OC)c(OC)cc2c1=O. The van der Waals surface area contributed by atoms with Gasteiger partial charge in [-0.15, -0.1) is 0 Å². The quantitative estimate of drug-likeness (QED) is 0.617. The number of aryl methyl sites for hydroxylation is 1. The molecule has 0 aliphatic heterocycles. The van der Waals surface area contributed by atoms with Crippen molar-refractivity contribution in [3.63, 3.8) is 0 Å². The van der Waals surface area contributed by atoms with Crippen LogP contribution in [0, 0.1) is 0 Å². The molecule has 0 radical (unpaired) electrons. The van der Waals surface area contributed by atoms with Gasteiger partial charge in [-0.1, -0.05) is 30.3 Å². The highest BCUT2D eigenvalue weighted by Crippen LogP contribution is 2.32. The van der Waals surface area contributed by atoms with Crippen LogP contribution in [-0.4, -0.2) is 43.2 Å². The lowest BCUT2D eigenvalue weighted by Gasteiger charge is -2.20. The average molecular weight is 394 g/mol. The van der Waals surface area contributed by atoms with Gasteiger partial charge in [0.15, 0.2) is 11.5 Å². The van der Waals surface area contributed by atoms with Crippen molar-refractivity contribution >= 4 is 16.7 Å². The lowest BCUT2D eigenvalue weighted by molar-refractivity contribution is 0.0797. The Labute approximate surface area is 170 Å². The summed E-state index contributed by atoms with van der Waals surface area (Å²) in [6.45, 7) is 2.92. The highest BCUT2D eigenvalue weighted by atomic mass is 16.5. The van der Waals surface area contributed by atoms with Crippen LogP contribution in [0.4, 0.5) is 0 Å². The van der Waals surface area contributed by atoms with Crippen LogP contribution in [-0.2, 0) is 13.0 Å². The topological polar surface area (TPSA) is 60.8 Å². The number of rotatable bonds is 7. The molecule has 0 spiro atoms. The molecule has 6 heteroatoms. The molecule has 1 heterocycles. The first-order valence-electron chi connectivity index (χ1n) is 9.58. The number of hydrogen-bond donors (Lipinski definition) is 0. The second-order valence-electron chi connectivity index (χ2n) is 6.85. The van der Waals surface area contributed by atoms with Crippen molar-refractivity contribution in [1.82, 2.24) is 9.47 Å². The molecule has 0 atom stereocenters. The number of hydrogen-bond acceptors (Lipinski definition) is 4. The zero-order valence-electron chi connectivity index (χ0n) is 17.3. The molecule has 29 heavy (non-hydrogen) atoms. The molecule has 0 aliphatic carbocycles. The normalized spacial score (nSPS) is 10.8. The summed E-state index contributed by atoms with van der Waals surface area (Å²) in [5.41, 5.74) is 1.48. The van der Waals surface area contributed by atoms with Crippen LogP contribution >= 0.6 is 0 Å². The third kappa shape index (κ3) is 4.11. The molecule has 0 bridgehead atoms. The van der Waals surface area contributed by atoms with Crippen LogP contribution < -0.4 is 15.0 Å². The van der Waals surface area contributed by atoms with Gasteiger partial charge in [-0.25, -0.2) is 0 Å². The number of fused-ring (bicyclic) bond motifs is 1. The predicted molar refractivity (Wildman–Crippen MR) is 114 cm³/mol. The molecule has 1 amide bonds. The lowest BCUT2D eigenvalue weighted by atomic mass is 10.0. The van der Waals surface area contributed by atoms with Crippen LogP contribution in [0.5, 0.6) is 11.5 Å². The van der Waals surface area contributed by atoms with E-state index in [9.17, 15) is 9.59 Å². The zero-order chi connectivity index (χ0) is 21.0. The van der Waals surface area contributed by atoms with E-state index in [1.807, 2.05) is 37.3 Å². The monoisotopic (exact) mass is 394 g/mol. The molecule has 0 aliphatic rings. The van der Waals surface area contributed by atoms with Gasteiger partial charge >= 0.3 is 0 Å². The van der Waals surface area contributed by atoms with E-state index in [0.717, 1.165) is 6.42 Å². The van der Waals surface area contributed by atoms with Crippen LogP contribution in [0.25, 0.3) is 10.8 Å². The molecular formula is C23H26N2O4. The highest BCUT2D eigenvalue weighted by Gasteiger charge is 2.20. The number of amides is 1. The second kappa shape index (κ2) is 8.82. The number of likely N-dealkylation sites (N-methyl/N-ethyl adjacent to an activating group) is 1. The maximum atomic E-state index is 13.3. The number of carbonyl (C=O) groups excluding carboxylic acids is 1. The molecule has 0 saturated carbocycles. The molecule has 0 N–H and O–H groups in total. The smallest absolute Gasteiger partial charge is 0.258 e. The number of methoxy groups -OCH3 is 2. The fourth-order valence-corrected chi connectivity index (χ4v) is 3.37. The Morgan fingerprint density at radius 3 is 2.24 bits per heavy atom. The molecule has 0 fully saturated rings. The van der Waals surface area contributed by atoms with Crippen molar-refractivity contribution in [3.05, 3.63) is 70.1 Å². The maximum Gasteiger partial charge on any atom is 0.258 e. The number of carbonyl (C=O) groups is 1. The standard InChI is InChI=1S/C23H26N2O4/c1-5-25-15-19(22(26)24(2)12-11-16-9-7-6-8-10-16)17-13-20(28-3)21(29-4)14-18(17)23(25)27/h6-10,13-15H,5,11-12H2,1-4H3. The Morgan fingerprint density at radius 2 is 1.66 bits per heavy atom. The van der Waals surface area contributed by atoms with Crippen LogP contribution in [0.2, 0.25) is 0 Å². The minimum Gasteiger partial charge on any atom is -0.493 e. The molecule has 3 aromatic rings.